The lowest BCUT2D eigenvalue weighted by atomic mass is 10.0. The van der Waals surface area contributed by atoms with E-state index in [1.165, 1.54) is 12.1 Å². The minimum atomic E-state index is -0.244. The summed E-state index contributed by atoms with van der Waals surface area (Å²) >= 11 is 0. The van der Waals surface area contributed by atoms with Crippen LogP contribution in [-0.2, 0) is 11.3 Å². The summed E-state index contributed by atoms with van der Waals surface area (Å²) in [7, 11) is 0. The molecule has 4 nitrogen and oxygen atoms in total. The number of anilines is 1. The molecule has 2 aromatic rings. The van der Waals surface area contributed by atoms with Crippen molar-refractivity contribution < 1.29 is 9.13 Å². The first kappa shape index (κ1) is 15.5. The number of rotatable bonds is 4. The van der Waals surface area contributed by atoms with Gasteiger partial charge in [-0.25, -0.2) is 4.39 Å². The predicted molar refractivity (Wildman–Crippen MR) is 86.4 cm³/mol. The van der Waals surface area contributed by atoms with Gasteiger partial charge in [-0.2, -0.15) is 5.26 Å². The van der Waals surface area contributed by atoms with Crippen molar-refractivity contribution in [2.24, 2.45) is 0 Å². The van der Waals surface area contributed by atoms with Crippen molar-refractivity contribution in [3.8, 4) is 6.07 Å². The van der Waals surface area contributed by atoms with E-state index in [0.29, 0.717) is 18.7 Å². The van der Waals surface area contributed by atoms with Crippen LogP contribution in [0.3, 0.4) is 0 Å². The van der Waals surface area contributed by atoms with E-state index in [4.69, 9.17) is 4.74 Å². The number of hydrogen-bond donors (Lipinski definition) is 2. The molecule has 5 heteroatoms. The smallest absolute Gasteiger partial charge is 0.123 e. The van der Waals surface area contributed by atoms with Crippen molar-refractivity contribution in [3.63, 3.8) is 0 Å². The van der Waals surface area contributed by atoms with Crippen LogP contribution in [0.4, 0.5) is 10.1 Å². The number of halogens is 1. The lowest BCUT2D eigenvalue weighted by Crippen LogP contribution is -2.33. The molecule has 0 aromatic heterocycles. The van der Waals surface area contributed by atoms with Crippen molar-refractivity contribution in [1.82, 2.24) is 5.32 Å². The summed E-state index contributed by atoms with van der Waals surface area (Å²) in [5.41, 5.74) is 3.36. The summed E-state index contributed by atoms with van der Waals surface area (Å²) in [5.74, 6) is -0.244. The van der Waals surface area contributed by atoms with Crippen molar-refractivity contribution >= 4 is 5.69 Å². The topological polar surface area (TPSA) is 57.1 Å². The fourth-order valence-corrected chi connectivity index (χ4v) is 2.62. The van der Waals surface area contributed by atoms with E-state index >= 15 is 0 Å². The van der Waals surface area contributed by atoms with E-state index in [1.54, 1.807) is 12.1 Å². The molecule has 0 spiro atoms. The number of morpholine rings is 1. The summed E-state index contributed by atoms with van der Waals surface area (Å²) in [5, 5.41) is 15.9. The largest absolute Gasteiger partial charge is 0.381 e. The summed E-state index contributed by atoms with van der Waals surface area (Å²) in [6, 6.07) is 14.3. The number of nitrogens with one attached hydrogen (secondary N) is 2. The molecule has 1 aliphatic rings. The predicted octanol–water partition coefficient (Wildman–Crippen LogP) is 2.97. The van der Waals surface area contributed by atoms with Gasteiger partial charge in [0.2, 0.25) is 0 Å². The maximum Gasteiger partial charge on any atom is 0.123 e. The first-order valence-corrected chi connectivity index (χ1v) is 7.61. The Labute approximate surface area is 134 Å². The SMILES string of the molecule is N#Cc1cc(NCc2ccc(F)cc2)ccc1C1CNCCO1. The molecule has 2 aromatic carbocycles. The highest BCUT2D eigenvalue weighted by molar-refractivity contribution is 5.53. The quantitative estimate of drug-likeness (QED) is 0.911. The first-order valence-electron chi connectivity index (χ1n) is 7.61. The Hall–Kier alpha value is -2.42. The van der Waals surface area contributed by atoms with Crippen LogP contribution in [0.2, 0.25) is 0 Å². The van der Waals surface area contributed by atoms with Crippen molar-refractivity contribution in [2.75, 3.05) is 25.0 Å². The Kier molecular flexibility index (Phi) is 4.86. The molecule has 0 aliphatic carbocycles. The van der Waals surface area contributed by atoms with Gasteiger partial charge in [0.15, 0.2) is 0 Å². The summed E-state index contributed by atoms with van der Waals surface area (Å²) in [4.78, 5) is 0. The second-order valence-corrected chi connectivity index (χ2v) is 5.46. The fraction of sp³-hybridized carbons (Fsp3) is 0.278. The Morgan fingerprint density at radius 3 is 2.78 bits per heavy atom. The minimum Gasteiger partial charge on any atom is -0.381 e. The third-order valence-corrected chi connectivity index (χ3v) is 3.86. The van der Waals surface area contributed by atoms with Gasteiger partial charge in [-0.05, 0) is 35.4 Å². The van der Waals surface area contributed by atoms with Crippen LogP contribution in [0.1, 0.15) is 22.8 Å². The van der Waals surface area contributed by atoms with Gasteiger partial charge in [-0.15, -0.1) is 0 Å². The Morgan fingerprint density at radius 1 is 1.26 bits per heavy atom. The monoisotopic (exact) mass is 311 g/mol. The van der Waals surface area contributed by atoms with Crippen LogP contribution in [0.5, 0.6) is 0 Å². The summed E-state index contributed by atoms with van der Waals surface area (Å²) in [6.45, 7) is 2.79. The number of nitrogens with zero attached hydrogens (tertiary/aromatic N) is 1. The van der Waals surface area contributed by atoms with Gasteiger partial charge in [0.25, 0.3) is 0 Å². The average Bonchev–Trinajstić information content (AvgIpc) is 2.62. The highest BCUT2D eigenvalue weighted by Crippen LogP contribution is 2.25. The van der Waals surface area contributed by atoms with E-state index in [-0.39, 0.29) is 11.9 Å². The summed E-state index contributed by atoms with van der Waals surface area (Å²) in [6.07, 6.45) is -0.0791. The van der Waals surface area contributed by atoms with Gasteiger partial charge in [0.05, 0.1) is 24.3 Å². The van der Waals surface area contributed by atoms with E-state index in [1.807, 2.05) is 18.2 Å². The van der Waals surface area contributed by atoms with E-state index in [0.717, 1.165) is 29.9 Å². The molecule has 1 unspecified atom stereocenters. The zero-order valence-electron chi connectivity index (χ0n) is 12.7. The van der Waals surface area contributed by atoms with Gasteiger partial charge < -0.3 is 15.4 Å². The van der Waals surface area contributed by atoms with Crippen molar-refractivity contribution in [1.29, 1.82) is 5.26 Å². The van der Waals surface area contributed by atoms with Crippen molar-refractivity contribution in [3.05, 3.63) is 65.0 Å². The highest BCUT2D eigenvalue weighted by Gasteiger charge is 2.19. The molecule has 0 bridgehead atoms. The third-order valence-electron chi connectivity index (χ3n) is 3.86. The molecular formula is C18H18FN3O. The lowest BCUT2D eigenvalue weighted by molar-refractivity contribution is 0.0275. The van der Waals surface area contributed by atoms with Crippen LogP contribution in [-0.4, -0.2) is 19.7 Å². The van der Waals surface area contributed by atoms with Crippen LogP contribution in [0.15, 0.2) is 42.5 Å². The number of ether oxygens (including phenoxy) is 1. The van der Waals surface area contributed by atoms with Gasteiger partial charge in [-0.1, -0.05) is 18.2 Å². The van der Waals surface area contributed by atoms with Crippen LogP contribution in [0.25, 0.3) is 0 Å². The molecule has 3 rings (SSSR count). The van der Waals surface area contributed by atoms with E-state index < -0.39 is 0 Å². The summed E-state index contributed by atoms with van der Waals surface area (Å²) < 4.78 is 18.6. The first-order chi connectivity index (χ1) is 11.3. The lowest BCUT2D eigenvalue weighted by Gasteiger charge is -2.25. The molecule has 118 valence electrons. The number of nitriles is 1. The van der Waals surface area contributed by atoms with Gasteiger partial charge in [0.1, 0.15) is 5.82 Å². The average molecular weight is 311 g/mol. The highest BCUT2D eigenvalue weighted by atomic mass is 19.1. The Bertz CT molecular complexity index is 703. The van der Waals surface area contributed by atoms with E-state index in [2.05, 4.69) is 16.7 Å². The van der Waals surface area contributed by atoms with Crippen molar-refractivity contribution in [2.45, 2.75) is 12.6 Å². The fourth-order valence-electron chi connectivity index (χ4n) is 2.62. The van der Waals surface area contributed by atoms with Crippen LogP contribution < -0.4 is 10.6 Å². The zero-order chi connectivity index (χ0) is 16.1. The maximum atomic E-state index is 12.9. The molecule has 0 saturated carbocycles. The molecule has 0 amide bonds. The Balaban J connectivity index is 1.71. The number of hydrogen-bond acceptors (Lipinski definition) is 4. The standard InChI is InChI=1S/C18H18FN3O/c19-15-3-1-13(2-4-15)11-22-16-5-6-17(14(9-16)10-20)18-12-21-7-8-23-18/h1-6,9,18,21-22H,7-8,11-12H2. The maximum absolute atomic E-state index is 12.9. The van der Waals surface area contributed by atoms with Gasteiger partial charge in [0, 0.05) is 25.3 Å². The van der Waals surface area contributed by atoms with E-state index in [9.17, 15) is 9.65 Å². The molecule has 23 heavy (non-hydrogen) atoms. The minimum absolute atomic E-state index is 0.0791. The third kappa shape index (κ3) is 3.86. The number of benzene rings is 2. The second kappa shape index (κ2) is 7.23. The molecule has 1 atom stereocenters. The molecule has 1 heterocycles. The zero-order valence-corrected chi connectivity index (χ0v) is 12.7. The second-order valence-electron chi connectivity index (χ2n) is 5.46. The molecule has 1 saturated heterocycles. The van der Waals surface area contributed by atoms with Gasteiger partial charge in [-0.3, -0.25) is 0 Å². The molecule has 1 aliphatic heterocycles. The molecule has 0 radical (unpaired) electrons. The molecule has 2 N–H and O–H groups in total. The normalized spacial score (nSPS) is 17.5. The molecule has 1 fully saturated rings. The molecular weight excluding hydrogens is 293 g/mol. The van der Waals surface area contributed by atoms with Crippen LogP contribution in [0, 0.1) is 17.1 Å². The van der Waals surface area contributed by atoms with Gasteiger partial charge >= 0.3 is 0 Å². The Morgan fingerprint density at radius 2 is 2.09 bits per heavy atom. The van der Waals surface area contributed by atoms with Crippen LogP contribution >= 0.6 is 0 Å².